The van der Waals surface area contributed by atoms with E-state index in [4.69, 9.17) is 9.47 Å². The number of carbonyl (C=O) groups is 2. The third-order valence-corrected chi connectivity index (χ3v) is 3.53. The fraction of sp³-hybridized carbons (Fsp3) is 0.304. The fourth-order valence-electron chi connectivity index (χ4n) is 2.28. The molecule has 0 aliphatic carbocycles. The van der Waals surface area contributed by atoms with E-state index >= 15 is 0 Å². The molecule has 0 bridgehead atoms. The molecule has 2 aromatic carbocycles. The lowest BCUT2D eigenvalue weighted by Crippen LogP contribution is -2.32. The second kappa shape index (κ2) is 10.8. The van der Waals surface area contributed by atoms with Crippen LogP contribution in [0.2, 0.25) is 0 Å². The third kappa shape index (κ3) is 9.34. The van der Waals surface area contributed by atoms with E-state index in [2.05, 4.69) is 22.5 Å². The minimum absolute atomic E-state index is 0.175. The van der Waals surface area contributed by atoms with Gasteiger partial charge in [0.05, 0.1) is 6.54 Å². The molecule has 2 amide bonds. The summed E-state index contributed by atoms with van der Waals surface area (Å²) in [4.78, 5) is 23.4. The Morgan fingerprint density at radius 3 is 2.38 bits per heavy atom. The van der Waals surface area contributed by atoms with Crippen LogP contribution < -0.4 is 10.6 Å². The minimum Gasteiger partial charge on any atom is -0.445 e. The predicted molar refractivity (Wildman–Crippen MR) is 111 cm³/mol. The van der Waals surface area contributed by atoms with Gasteiger partial charge in [-0.3, -0.25) is 0 Å². The monoisotopic (exact) mass is 394 g/mol. The molecule has 0 saturated carbocycles. The maximum atomic E-state index is 11.7. The molecular weight excluding hydrogens is 368 g/mol. The molecule has 0 aliphatic heterocycles. The molecule has 0 heterocycles. The van der Waals surface area contributed by atoms with Crippen LogP contribution in [0.3, 0.4) is 0 Å². The number of nitrogens with one attached hydrogen (secondary N) is 2. The van der Waals surface area contributed by atoms with E-state index in [1.165, 1.54) is 0 Å². The van der Waals surface area contributed by atoms with Crippen LogP contribution in [0.1, 0.15) is 37.5 Å². The lowest BCUT2D eigenvalue weighted by Gasteiger charge is -2.19. The summed E-state index contributed by atoms with van der Waals surface area (Å²) >= 11 is 0. The Hall–Kier alpha value is -3.46. The van der Waals surface area contributed by atoms with Gasteiger partial charge in [0.2, 0.25) is 0 Å². The van der Waals surface area contributed by atoms with Crippen LogP contribution in [-0.2, 0) is 22.6 Å². The summed E-state index contributed by atoms with van der Waals surface area (Å²) in [5.41, 5.74) is 2.07. The van der Waals surface area contributed by atoms with Crippen molar-refractivity contribution in [2.45, 2.75) is 39.5 Å². The van der Waals surface area contributed by atoms with Gasteiger partial charge in [-0.05, 0) is 44.0 Å². The molecule has 0 radical (unpaired) electrons. The molecule has 0 unspecified atom stereocenters. The first-order valence-electron chi connectivity index (χ1n) is 9.31. The van der Waals surface area contributed by atoms with Crippen LogP contribution in [-0.4, -0.2) is 24.3 Å². The first kappa shape index (κ1) is 21.8. The summed E-state index contributed by atoms with van der Waals surface area (Å²) in [6, 6.07) is 16.9. The number of ether oxygens (including phenoxy) is 2. The summed E-state index contributed by atoms with van der Waals surface area (Å²) < 4.78 is 10.3. The van der Waals surface area contributed by atoms with Crippen molar-refractivity contribution < 1.29 is 19.1 Å². The number of hydrogen-bond donors (Lipinski definition) is 2. The van der Waals surface area contributed by atoms with Crippen molar-refractivity contribution in [2.75, 3.05) is 6.54 Å². The largest absolute Gasteiger partial charge is 0.445 e. The van der Waals surface area contributed by atoms with E-state index in [0.29, 0.717) is 6.54 Å². The summed E-state index contributed by atoms with van der Waals surface area (Å²) in [5.74, 6) is 5.86. The summed E-state index contributed by atoms with van der Waals surface area (Å²) in [5, 5.41) is 5.30. The van der Waals surface area contributed by atoms with Crippen molar-refractivity contribution in [3.8, 4) is 11.8 Å². The number of amides is 2. The number of benzene rings is 2. The number of alkyl carbamates (subject to hydrolysis) is 2. The van der Waals surface area contributed by atoms with Crippen molar-refractivity contribution in [3.05, 3.63) is 71.3 Å². The number of hydrogen-bond acceptors (Lipinski definition) is 4. The molecule has 0 atom stereocenters. The predicted octanol–water partition coefficient (Wildman–Crippen LogP) is 3.99. The molecule has 0 spiro atoms. The number of carbonyl (C=O) groups excluding carboxylic acids is 2. The maximum Gasteiger partial charge on any atom is 0.408 e. The van der Waals surface area contributed by atoms with E-state index in [9.17, 15) is 9.59 Å². The standard InChI is InChI=1S/C23H26N2O4/c1-23(2,3)29-22(27)25-16-20-12-7-11-18(15-20)13-8-14-24-21(26)28-17-19-9-5-4-6-10-19/h4-7,9-12,15H,14,16-17H2,1-3H3,(H,24,26)(H,25,27). The topological polar surface area (TPSA) is 76.7 Å². The lowest BCUT2D eigenvalue weighted by molar-refractivity contribution is 0.0523. The molecule has 2 aromatic rings. The van der Waals surface area contributed by atoms with Crippen LogP contribution >= 0.6 is 0 Å². The first-order valence-corrected chi connectivity index (χ1v) is 9.31. The Morgan fingerprint density at radius 2 is 1.66 bits per heavy atom. The van der Waals surface area contributed by atoms with Gasteiger partial charge in [-0.25, -0.2) is 9.59 Å². The van der Waals surface area contributed by atoms with E-state index in [0.717, 1.165) is 16.7 Å². The Bertz CT molecular complexity index is 877. The van der Waals surface area contributed by atoms with Crippen LogP contribution in [0.15, 0.2) is 54.6 Å². The highest BCUT2D eigenvalue weighted by Crippen LogP contribution is 2.08. The first-order chi connectivity index (χ1) is 13.8. The van der Waals surface area contributed by atoms with Gasteiger partial charge in [-0.15, -0.1) is 0 Å². The fourth-order valence-corrected chi connectivity index (χ4v) is 2.28. The smallest absolute Gasteiger partial charge is 0.408 e. The van der Waals surface area contributed by atoms with Gasteiger partial charge in [-0.1, -0.05) is 54.3 Å². The molecule has 2 rings (SSSR count). The Labute approximate surface area is 171 Å². The minimum atomic E-state index is -0.535. The summed E-state index contributed by atoms with van der Waals surface area (Å²) in [7, 11) is 0. The molecule has 0 fully saturated rings. The average Bonchev–Trinajstić information content (AvgIpc) is 2.68. The van der Waals surface area contributed by atoms with E-state index < -0.39 is 17.8 Å². The molecule has 0 saturated heterocycles. The Kier molecular flexibility index (Phi) is 8.11. The van der Waals surface area contributed by atoms with Crippen molar-refractivity contribution >= 4 is 12.2 Å². The van der Waals surface area contributed by atoms with Gasteiger partial charge >= 0.3 is 12.2 Å². The lowest BCUT2D eigenvalue weighted by atomic mass is 10.1. The van der Waals surface area contributed by atoms with Gasteiger partial charge in [0, 0.05) is 12.1 Å². The maximum absolute atomic E-state index is 11.7. The van der Waals surface area contributed by atoms with Crippen molar-refractivity contribution in [1.29, 1.82) is 0 Å². The molecule has 2 N–H and O–H groups in total. The van der Waals surface area contributed by atoms with Gasteiger partial charge in [0.25, 0.3) is 0 Å². The SMILES string of the molecule is CC(C)(C)OC(=O)NCc1cccc(C#CCNC(=O)OCc2ccccc2)c1. The van der Waals surface area contributed by atoms with Gasteiger partial charge < -0.3 is 20.1 Å². The quantitative estimate of drug-likeness (QED) is 0.752. The third-order valence-electron chi connectivity index (χ3n) is 3.53. The molecule has 0 aliphatic rings. The Morgan fingerprint density at radius 1 is 0.931 bits per heavy atom. The molecule has 6 heteroatoms. The second-order valence-electron chi connectivity index (χ2n) is 7.27. The van der Waals surface area contributed by atoms with Crippen LogP contribution in [0.5, 0.6) is 0 Å². The normalized spacial score (nSPS) is 10.3. The number of rotatable bonds is 5. The summed E-state index contributed by atoms with van der Waals surface area (Å²) in [6.45, 7) is 6.17. The molecule has 152 valence electrons. The zero-order valence-electron chi connectivity index (χ0n) is 17.0. The second-order valence-corrected chi connectivity index (χ2v) is 7.27. The highest BCUT2D eigenvalue weighted by Gasteiger charge is 2.15. The molecule has 29 heavy (non-hydrogen) atoms. The van der Waals surface area contributed by atoms with E-state index in [-0.39, 0.29) is 13.2 Å². The van der Waals surface area contributed by atoms with Crippen LogP contribution in [0, 0.1) is 11.8 Å². The summed E-state index contributed by atoms with van der Waals surface area (Å²) in [6.07, 6.45) is -0.981. The van der Waals surface area contributed by atoms with E-state index in [1.54, 1.807) is 0 Å². The molecule has 6 nitrogen and oxygen atoms in total. The average molecular weight is 394 g/mol. The zero-order valence-corrected chi connectivity index (χ0v) is 17.0. The van der Waals surface area contributed by atoms with Gasteiger partial charge in [0.1, 0.15) is 12.2 Å². The zero-order chi connectivity index (χ0) is 21.1. The van der Waals surface area contributed by atoms with Crippen molar-refractivity contribution in [3.63, 3.8) is 0 Å². The molecule has 0 aromatic heterocycles. The Balaban J connectivity index is 1.75. The highest BCUT2D eigenvalue weighted by atomic mass is 16.6. The highest BCUT2D eigenvalue weighted by molar-refractivity contribution is 5.68. The van der Waals surface area contributed by atoms with Gasteiger partial charge in [0.15, 0.2) is 0 Å². The van der Waals surface area contributed by atoms with E-state index in [1.807, 2.05) is 75.4 Å². The van der Waals surface area contributed by atoms with Crippen LogP contribution in [0.4, 0.5) is 9.59 Å². The van der Waals surface area contributed by atoms with Crippen LogP contribution in [0.25, 0.3) is 0 Å². The van der Waals surface area contributed by atoms with Crippen molar-refractivity contribution in [1.82, 2.24) is 10.6 Å². The van der Waals surface area contributed by atoms with Crippen molar-refractivity contribution in [2.24, 2.45) is 0 Å². The van der Waals surface area contributed by atoms with Gasteiger partial charge in [-0.2, -0.15) is 0 Å². The molecular formula is C23H26N2O4.